The number of rotatable bonds is 4. The van der Waals surface area contributed by atoms with E-state index in [2.05, 4.69) is 27.5 Å². The van der Waals surface area contributed by atoms with E-state index >= 15 is 0 Å². The van der Waals surface area contributed by atoms with Gasteiger partial charge < -0.3 is 5.32 Å². The first kappa shape index (κ1) is 11.9. The molecule has 0 fully saturated rings. The molecule has 1 heterocycles. The van der Waals surface area contributed by atoms with E-state index in [0.717, 1.165) is 17.1 Å². The van der Waals surface area contributed by atoms with Crippen LogP contribution in [-0.4, -0.2) is 18.1 Å². The van der Waals surface area contributed by atoms with Crippen molar-refractivity contribution in [3.63, 3.8) is 0 Å². The summed E-state index contributed by atoms with van der Waals surface area (Å²) in [6, 6.07) is -0.479. The number of thiazole rings is 1. The van der Waals surface area contributed by atoms with Gasteiger partial charge in [-0.1, -0.05) is 6.92 Å². The van der Waals surface area contributed by atoms with Gasteiger partial charge in [0.15, 0.2) is 0 Å². The maximum Gasteiger partial charge on any atom is 0.339 e. The van der Waals surface area contributed by atoms with Crippen LogP contribution in [0.4, 0.5) is 4.79 Å². The molecule has 1 aromatic heterocycles. The largest absolute Gasteiger partial charge is 0.339 e. The fraction of sp³-hybridized carbons (Fsp3) is 0.556. The van der Waals surface area contributed by atoms with Crippen LogP contribution in [-0.2, 0) is 11.3 Å². The van der Waals surface area contributed by atoms with Gasteiger partial charge in [-0.3, -0.25) is 4.84 Å². The molecule has 0 unspecified atom stereocenters. The minimum atomic E-state index is -0.365. The molecule has 0 spiro atoms. The third-order valence-electron chi connectivity index (χ3n) is 1.86. The molecule has 6 heteroatoms. The van der Waals surface area contributed by atoms with Crippen LogP contribution < -0.4 is 10.8 Å². The zero-order valence-electron chi connectivity index (χ0n) is 9.03. The van der Waals surface area contributed by atoms with Gasteiger partial charge >= 0.3 is 6.03 Å². The van der Waals surface area contributed by atoms with E-state index in [1.165, 1.54) is 7.11 Å². The van der Waals surface area contributed by atoms with Crippen LogP contribution in [0.1, 0.15) is 30.6 Å². The fourth-order valence-corrected chi connectivity index (χ4v) is 1.92. The summed E-state index contributed by atoms with van der Waals surface area (Å²) in [5.74, 6) is 0. The van der Waals surface area contributed by atoms with Crippen molar-refractivity contribution in [2.75, 3.05) is 7.11 Å². The zero-order valence-corrected chi connectivity index (χ0v) is 9.85. The molecule has 0 saturated carbocycles. The predicted octanol–water partition coefficient (Wildman–Crippen LogP) is 1.63. The van der Waals surface area contributed by atoms with Crippen LogP contribution in [0, 0.1) is 0 Å². The van der Waals surface area contributed by atoms with Crippen molar-refractivity contribution in [3.05, 3.63) is 16.1 Å². The van der Waals surface area contributed by atoms with Crippen molar-refractivity contribution in [3.8, 4) is 0 Å². The molecule has 1 rings (SSSR count). The second kappa shape index (κ2) is 5.67. The Morgan fingerprint density at radius 1 is 1.73 bits per heavy atom. The fourth-order valence-electron chi connectivity index (χ4n) is 1.08. The summed E-state index contributed by atoms with van der Waals surface area (Å²) in [5, 5.41) is 5.73. The van der Waals surface area contributed by atoms with Crippen molar-refractivity contribution in [2.45, 2.75) is 26.3 Å². The van der Waals surface area contributed by atoms with Gasteiger partial charge in [-0.15, -0.1) is 11.3 Å². The van der Waals surface area contributed by atoms with Crippen LogP contribution >= 0.6 is 11.3 Å². The monoisotopic (exact) mass is 229 g/mol. The van der Waals surface area contributed by atoms with Gasteiger partial charge in [-0.25, -0.2) is 15.3 Å². The predicted molar refractivity (Wildman–Crippen MR) is 58.6 cm³/mol. The Morgan fingerprint density at radius 3 is 3.00 bits per heavy atom. The number of amides is 2. The molecular formula is C9H15N3O2S. The average molecular weight is 229 g/mol. The Labute approximate surface area is 92.8 Å². The first-order valence-electron chi connectivity index (χ1n) is 4.71. The van der Waals surface area contributed by atoms with E-state index in [1.807, 2.05) is 12.3 Å². The van der Waals surface area contributed by atoms with E-state index in [4.69, 9.17) is 0 Å². The van der Waals surface area contributed by atoms with E-state index in [0.29, 0.717) is 0 Å². The summed E-state index contributed by atoms with van der Waals surface area (Å²) in [6.07, 6.45) is 0.918. The molecule has 2 N–H and O–H groups in total. The Hall–Kier alpha value is -1.14. The maximum absolute atomic E-state index is 11.1. The van der Waals surface area contributed by atoms with Gasteiger partial charge in [0.2, 0.25) is 0 Å². The smallest absolute Gasteiger partial charge is 0.328 e. The Kier molecular flexibility index (Phi) is 4.51. The van der Waals surface area contributed by atoms with Gasteiger partial charge in [0.25, 0.3) is 0 Å². The Bertz CT molecular complexity index is 327. The summed E-state index contributed by atoms with van der Waals surface area (Å²) in [4.78, 5) is 20.0. The van der Waals surface area contributed by atoms with Gasteiger partial charge in [-0.2, -0.15) is 0 Å². The van der Waals surface area contributed by atoms with E-state index < -0.39 is 0 Å². The molecular weight excluding hydrogens is 214 g/mol. The first-order valence-corrected chi connectivity index (χ1v) is 5.59. The highest BCUT2D eigenvalue weighted by atomic mass is 32.1. The number of nitrogens with one attached hydrogen (secondary N) is 2. The summed E-state index contributed by atoms with van der Waals surface area (Å²) >= 11 is 1.60. The summed E-state index contributed by atoms with van der Waals surface area (Å²) in [7, 11) is 1.39. The number of carbonyl (C=O) groups is 1. The number of hydroxylamine groups is 1. The molecule has 0 radical (unpaired) electrons. The van der Waals surface area contributed by atoms with Crippen LogP contribution in [0.3, 0.4) is 0 Å². The first-order chi connectivity index (χ1) is 7.17. The van der Waals surface area contributed by atoms with Crippen molar-refractivity contribution >= 4 is 17.4 Å². The molecule has 0 saturated heterocycles. The number of hydrogen-bond donors (Lipinski definition) is 2. The van der Waals surface area contributed by atoms with Crippen LogP contribution in [0.25, 0.3) is 0 Å². The topological polar surface area (TPSA) is 63.2 Å². The molecule has 0 bridgehead atoms. The lowest BCUT2D eigenvalue weighted by Gasteiger charge is -2.11. The molecule has 84 valence electrons. The molecule has 0 aliphatic carbocycles. The maximum atomic E-state index is 11.1. The van der Waals surface area contributed by atoms with Crippen molar-refractivity contribution in [1.29, 1.82) is 0 Å². The molecule has 0 aliphatic rings. The second-order valence-corrected chi connectivity index (χ2v) is 3.96. The quantitative estimate of drug-likeness (QED) is 0.771. The highest BCUT2D eigenvalue weighted by Gasteiger charge is 2.11. The minimum Gasteiger partial charge on any atom is -0.328 e. The van der Waals surface area contributed by atoms with Gasteiger partial charge in [0.1, 0.15) is 0 Å². The Morgan fingerprint density at radius 2 is 2.47 bits per heavy atom. The molecule has 15 heavy (non-hydrogen) atoms. The van der Waals surface area contributed by atoms with E-state index in [-0.39, 0.29) is 12.1 Å². The normalized spacial score (nSPS) is 12.2. The molecule has 0 aromatic carbocycles. The minimum absolute atomic E-state index is 0.114. The lowest BCUT2D eigenvalue weighted by molar-refractivity contribution is 0.106. The number of nitrogens with zero attached hydrogens (tertiary/aromatic N) is 1. The lowest BCUT2D eigenvalue weighted by atomic mass is 10.3. The van der Waals surface area contributed by atoms with Crippen molar-refractivity contribution in [1.82, 2.24) is 15.8 Å². The average Bonchev–Trinajstić information content (AvgIpc) is 2.66. The van der Waals surface area contributed by atoms with Gasteiger partial charge in [-0.05, 0) is 13.3 Å². The van der Waals surface area contributed by atoms with Crippen LogP contribution in [0.5, 0.6) is 0 Å². The third kappa shape index (κ3) is 3.49. The molecule has 5 nitrogen and oxygen atoms in total. The number of hydrogen-bond acceptors (Lipinski definition) is 4. The lowest BCUT2D eigenvalue weighted by Crippen LogP contribution is -2.36. The molecule has 1 atom stereocenters. The van der Waals surface area contributed by atoms with Crippen molar-refractivity contribution < 1.29 is 9.63 Å². The van der Waals surface area contributed by atoms with Crippen LogP contribution in [0.15, 0.2) is 5.38 Å². The molecule has 1 aromatic rings. The third-order valence-corrected chi connectivity index (χ3v) is 2.87. The number of carbonyl (C=O) groups excluding carboxylic acids is 1. The second-order valence-electron chi connectivity index (χ2n) is 3.02. The summed E-state index contributed by atoms with van der Waals surface area (Å²) in [6.45, 7) is 3.93. The standard InChI is InChI=1S/C9H15N3O2S/c1-4-8-11-7(5-15-8)6(2)10-9(13)12-14-3/h5-6H,4H2,1-3H3,(H2,10,12,13)/t6-/m1/s1. The van der Waals surface area contributed by atoms with E-state index in [9.17, 15) is 4.79 Å². The van der Waals surface area contributed by atoms with Crippen molar-refractivity contribution in [2.24, 2.45) is 0 Å². The SMILES string of the molecule is CCc1nc([C@@H](C)NC(=O)NOC)cs1. The summed E-state index contributed by atoms with van der Waals surface area (Å²) in [5.41, 5.74) is 3.07. The molecule has 2 amide bonds. The summed E-state index contributed by atoms with van der Waals surface area (Å²) < 4.78 is 0. The number of aromatic nitrogens is 1. The number of urea groups is 1. The van der Waals surface area contributed by atoms with Gasteiger partial charge in [0, 0.05) is 5.38 Å². The van der Waals surface area contributed by atoms with Crippen LogP contribution in [0.2, 0.25) is 0 Å². The van der Waals surface area contributed by atoms with E-state index in [1.54, 1.807) is 11.3 Å². The zero-order chi connectivity index (χ0) is 11.3. The Balaban J connectivity index is 2.52. The number of aryl methyl sites for hydroxylation is 1. The highest BCUT2D eigenvalue weighted by molar-refractivity contribution is 7.09. The molecule has 0 aliphatic heterocycles. The highest BCUT2D eigenvalue weighted by Crippen LogP contribution is 2.16. The van der Waals surface area contributed by atoms with Gasteiger partial charge in [0.05, 0.1) is 23.9 Å².